The van der Waals surface area contributed by atoms with E-state index < -0.39 is 0 Å². The summed E-state index contributed by atoms with van der Waals surface area (Å²) in [4.78, 5) is 7.14. The Labute approximate surface area is 120 Å². The Balaban J connectivity index is 2.18. The zero-order valence-electron chi connectivity index (χ0n) is 12.2. The Bertz CT molecular complexity index is 630. The maximum absolute atomic E-state index is 5.77. The molecule has 106 valence electrons. The molecule has 3 N–H and O–H groups in total. The van der Waals surface area contributed by atoms with E-state index in [1.165, 1.54) is 24.1 Å². The van der Waals surface area contributed by atoms with Crippen LogP contribution in [0.3, 0.4) is 0 Å². The standard InChI is InChI=1S/C16H22N4/c1-3-13-11(2)18-15-7-6-12(20-8-4-5-9-20)10-14(15)16(13)19-17/h6-7,10H,3-5,8-9,17H2,1-2H3,(H,18,19). The molecular formula is C16H22N4. The number of benzene rings is 1. The summed E-state index contributed by atoms with van der Waals surface area (Å²) in [6, 6.07) is 6.50. The summed E-state index contributed by atoms with van der Waals surface area (Å²) in [5.74, 6) is 5.77. The Morgan fingerprint density at radius 1 is 1.30 bits per heavy atom. The third kappa shape index (κ3) is 2.10. The molecule has 1 fully saturated rings. The molecule has 0 saturated carbocycles. The Morgan fingerprint density at radius 3 is 2.70 bits per heavy atom. The maximum Gasteiger partial charge on any atom is 0.0728 e. The minimum absolute atomic E-state index is 0.933. The molecule has 1 saturated heterocycles. The number of rotatable bonds is 3. The fourth-order valence-electron chi connectivity index (χ4n) is 3.18. The molecule has 0 radical (unpaired) electrons. The normalized spacial score (nSPS) is 15.1. The first-order chi connectivity index (χ1) is 9.74. The molecule has 0 amide bonds. The fourth-order valence-corrected chi connectivity index (χ4v) is 3.18. The predicted molar refractivity (Wildman–Crippen MR) is 85.1 cm³/mol. The van der Waals surface area contributed by atoms with Crippen LogP contribution in [0, 0.1) is 6.92 Å². The SMILES string of the molecule is CCc1c(C)nc2ccc(N3CCCC3)cc2c1NN. The van der Waals surface area contributed by atoms with Crippen molar-refractivity contribution in [3.63, 3.8) is 0 Å². The molecule has 1 aromatic carbocycles. The number of nitrogen functional groups attached to an aromatic ring is 1. The van der Waals surface area contributed by atoms with Crippen LogP contribution in [0.2, 0.25) is 0 Å². The number of pyridine rings is 1. The zero-order chi connectivity index (χ0) is 14.1. The van der Waals surface area contributed by atoms with Crippen LogP contribution in [0.15, 0.2) is 18.2 Å². The van der Waals surface area contributed by atoms with Crippen molar-refractivity contribution >= 4 is 22.3 Å². The van der Waals surface area contributed by atoms with E-state index in [0.717, 1.165) is 41.8 Å². The average molecular weight is 270 g/mol. The van der Waals surface area contributed by atoms with Crippen molar-refractivity contribution in [3.05, 3.63) is 29.5 Å². The van der Waals surface area contributed by atoms with Gasteiger partial charge < -0.3 is 10.3 Å². The van der Waals surface area contributed by atoms with E-state index in [4.69, 9.17) is 10.8 Å². The summed E-state index contributed by atoms with van der Waals surface area (Å²) in [6.07, 6.45) is 3.50. The van der Waals surface area contributed by atoms with Crippen LogP contribution >= 0.6 is 0 Å². The molecule has 0 atom stereocenters. The number of anilines is 2. The molecule has 0 spiro atoms. The van der Waals surface area contributed by atoms with E-state index in [2.05, 4.69) is 35.4 Å². The van der Waals surface area contributed by atoms with Gasteiger partial charge in [-0.25, -0.2) is 0 Å². The van der Waals surface area contributed by atoms with Crippen LogP contribution in [0.4, 0.5) is 11.4 Å². The van der Waals surface area contributed by atoms with E-state index in [-0.39, 0.29) is 0 Å². The number of hydrazine groups is 1. The van der Waals surface area contributed by atoms with Crippen molar-refractivity contribution in [1.29, 1.82) is 0 Å². The summed E-state index contributed by atoms with van der Waals surface area (Å²) in [5.41, 5.74) is 8.46. The highest BCUT2D eigenvalue weighted by Crippen LogP contribution is 2.32. The number of nitrogens with two attached hydrogens (primary N) is 1. The number of aryl methyl sites for hydroxylation is 1. The van der Waals surface area contributed by atoms with E-state index in [1.54, 1.807) is 0 Å². The Kier molecular flexibility index (Phi) is 3.49. The molecular weight excluding hydrogens is 248 g/mol. The van der Waals surface area contributed by atoms with Gasteiger partial charge in [0, 0.05) is 29.9 Å². The van der Waals surface area contributed by atoms with E-state index in [1.807, 2.05) is 6.92 Å². The smallest absolute Gasteiger partial charge is 0.0728 e. The fraction of sp³-hybridized carbons (Fsp3) is 0.438. The van der Waals surface area contributed by atoms with Gasteiger partial charge in [0.2, 0.25) is 0 Å². The number of nitrogens with zero attached hydrogens (tertiary/aromatic N) is 2. The number of hydrogen-bond donors (Lipinski definition) is 2. The lowest BCUT2D eigenvalue weighted by atomic mass is 10.0. The van der Waals surface area contributed by atoms with Gasteiger partial charge in [0.25, 0.3) is 0 Å². The molecule has 4 heteroatoms. The third-order valence-corrected chi connectivity index (χ3v) is 4.25. The summed E-state index contributed by atoms with van der Waals surface area (Å²) in [6.45, 7) is 6.49. The summed E-state index contributed by atoms with van der Waals surface area (Å²) >= 11 is 0. The summed E-state index contributed by atoms with van der Waals surface area (Å²) in [5, 5.41) is 1.12. The number of hydrogen-bond acceptors (Lipinski definition) is 4. The first kappa shape index (κ1) is 13.2. The second-order valence-corrected chi connectivity index (χ2v) is 5.44. The Morgan fingerprint density at radius 2 is 2.05 bits per heavy atom. The van der Waals surface area contributed by atoms with Gasteiger partial charge in [-0.1, -0.05) is 6.92 Å². The van der Waals surface area contributed by atoms with Gasteiger partial charge in [0.15, 0.2) is 0 Å². The molecule has 0 unspecified atom stereocenters. The third-order valence-electron chi connectivity index (χ3n) is 4.25. The van der Waals surface area contributed by atoms with Crippen molar-refractivity contribution in [1.82, 2.24) is 4.98 Å². The lowest BCUT2D eigenvalue weighted by Gasteiger charge is -2.20. The topological polar surface area (TPSA) is 54.2 Å². The molecule has 20 heavy (non-hydrogen) atoms. The lowest BCUT2D eigenvalue weighted by Crippen LogP contribution is -2.17. The number of aromatic nitrogens is 1. The van der Waals surface area contributed by atoms with Crippen LogP contribution in [0.5, 0.6) is 0 Å². The molecule has 1 aromatic heterocycles. The molecule has 2 heterocycles. The second kappa shape index (κ2) is 5.29. The summed E-state index contributed by atoms with van der Waals surface area (Å²) < 4.78 is 0. The van der Waals surface area contributed by atoms with Crippen molar-refractivity contribution in [3.8, 4) is 0 Å². The van der Waals surface area contributed by atoms with Gasteiger partial charge >= 0.3 is 0 Å². The van der Waals surface area contributed by atoms with Crippen LogP contribution in [-0.4, -0.2) is 18.1 Å². The number of nitrogens with one attached hydrogen (secondary N) is 1. The minimum atomic E-state index is 0.933. The highest BCUT2D eigenvalue weighted by molar-refractivity contribution is 5.95. The highest BCUT2D eigenvalue weighted by atomic mass is 15.2. The molecule has 0 bridgehead atoms. The predicted octanol–water partition coefficient (Wildman–Crippen LogP) is 2.99. The van der Waals surface area contributed by atoms with Gasteiger partial charge in [-0.3, -0.25) is 10.8 Å². The zero-order valence-corrected chi connectivity index (χ0v) is 12.2. The van der Waals surface area contributed by atoms with E-state index in [0.29, 0.717) is 0 Å². The van der Waals surface area contributed by atoms with Gasteiger partial charge in [0.05, 0.1) is 11.2 Å². The average Bonchev–Trinajstić information content (AvgIpc) is 2.99. The second-order valence-electron chi connectivity index (χ2n) is 5.44. The molecule has 4 nitrogen and oxygen atoms in total. The van der Waals surface area contributed by atoms with E-state index >= 15 is 0 Å². The first-order valence-electron chi connectivity index (χ1n) is 7.39. The van der Waals surface area contributed by atoms with Crippen LogP contribution in [0.1, 0.15) is 31.0 Å². The van der Waals surface area contributed by atoms with Crippen LogP contribution in [0.25, 0.3) is 10.9 Å². The molecule has 1 aliphatic heterocycles. The van der Waals surface area contributed by atoms with Crippen LogP contribution < -0.4 is 16.2 Å². The first-order valence-corrected chi connectivity index (χ1v) is 7.39. The van der Waals surface area contributed by atoms with Gasteiger partial charge in [0.1, 0.15) is 0 Å². The van der Waals surface area contributed by atoms with Crippen molar-refractivity contribution in [2.75, 3.05) is 23.4 Å². The molecule has 3 rings (SSSR count). The molecule has 1 aliphatic rings. The largest absolute Gasteiger partial charge is 0.372 e. The van der Waals surface area contributed by atoms with Crippen molar-refractivity contribution in [2.45, 2.75) is 33.1 Å². The van der Waals surface area contributed by atoms with Gasteiger partial charge in [-0.15, -0.1) is 0 Å². The van der Waals surface area contributed by atoms with Crippen LogP contribution in [-0.2, 0) is 6.42 Å². The Hall–Kier alpha value is -1.81. The van der Waals surface area contributed by atoms with Crippen molar-refractivity contribution in [2.24, 2.45) is 5.84 Å². The molecule has 0 aliphatic carbocycles. The maximum atomic E-state index is 5.77. The van der Waals surface area contributed by atoms with Crippen molar-refractivity contribution < 1.29 is 0 Å². The van der Waals surface area contributed by atoms with Gasteiger partial charge in [-0.05, 0) is 49.9 Å². The quantitative estimate of drug-likeness (QED) is 0.665. The minimum Gasteiger partial charge on any atom is -0.372 e. The number of fused-ring (bicyclic) bond motifs is 1. The monoisotopic (exact) mass is 270 g/mol. The lowest BCUT2D eigenvalue weighted by molar-refractivity contribution is 0.949. The van der Waals surface area contributed by atoms with E-state index in [9.17, 15) is 0 Å². The highest BCUT2D eigenvalue weighted by Gasteiger charge is 2.15. The summed E-state index contributed by atoms with van der Waals surface area (Å²) in [7, 11) is 0. The molecule has 2 aromatic rings. The van der Waals surface area contributed by atoms with Gasteiger partial charge in [-0.2, -0.15) is 0 Å².